The van der Waals surface area contributed by atoms with Gasteiger partial charge in [-0.15, -0.1) is 0 Å². The van der Waals surface area contributed by atoms with Gasteiger partial charge in [0.05, 0.1) is 0 Å². The molecule has 1 aromatic heterocycles. The molecular weight excluding hydrogens is 323 g/mol. The molecule has 2 heterocycles. The summed E-state index contributed by atoms with van der Waals surface area (Å²) in [4.78, 5) is 21.1. The molecule has 0 saturated heterocycles. The van der Waals surface area contributed by atoms with Gasteiger partial charge < -0.3 is 15.5 Å². The van der Waals surface area contributed by atoms with E-state index in [1.165, 1.54) is 7.05 Å². The van der Waals surface area contributed by atoms with E-state index in [2.05, 4.69) is 20.6 Å². The molecule has 0 saturated carbocycles. The van der Waals surface area contributed by atoms with Crippen molar-refractivity contribution in [1.82, 2.24) is 14.9 Å². The van der Waals surface area contributed by atoms with E-state index in [-0.39, 0.29) is 17.7 Å². The zero-order valence-corrected chi connectivity index (χ0v) is 12.9. The average molecular weight is 337 g/mol. The molecular formula is C15H14F3N5O. The number of fused-ring (bicyclic) bond motifs is 1. The van der Waals surface area contributed by atoms with Crippen LogP contribution in [0, 0.1) is 0 Å². The maximum absolute atomic E-state index is 12.8. The summed E-state index contributed by atoms with van der Waals surface area (Å²) >= 11 is 0. The van der Waals surface area contributed by atoms with Crippen LogP contribution in [0.1, 0.15) is 21.5 Å². The van der Waals surface area contributed by atoms with Crippen molar-refractivity contribution in [2.45, 2.75) is 12.7 Å². The van der Waals surface area contributed by atoms with Crippen molar-refractivity contribution < 1.29 is 18.0 Å². The fourth-order valence-corrected chi connectivity index (χ4v) is 2.49. The second-order valence-electron chi connectivity index (χ2n) is 5.36. The first-order valence-corrected chi connectivity index (χ1v) is 7.07. The van der Waals surface area contributed by atoms with Crippen LogP contribution >= 0.6 is 0 Å². The van der Waals surface area contributed by atoms with Gasteiger partial charge in [-0.2, -0.15) is 18.2 Å². The Morgan fingerprint density at radius 3 is 2.71 bits per heavy atom. The summed E-state index contributed by atoms with van der Waals surface area (Å²) in [5.74, 6) is -0.416. The molecule has 0 bridgehead atoms. The van der Waals surface area contributed by atoms with Gasteiger partial charge in [0.2, 0.25) is 5.95 Å². The number of hydrogen-bond donors (Lipinski definition) is 2. The number of carbonyl (C=O) groups excluding carboxylic acids is 1. The van der Waals surface area contributed by atoms with E-state index in [1.54, 1.807) is 30.1 Å². The van der Waals surface area contributed by atoms with Gasteiger partial charge >= 0.3 is 6.18 Å². The quantitative estimate of drug-likeness (QED) is 0.901. The number of anilines is 3. The Bertz CT molecular complexity index is 806. The van der Waals surface area contributed by atoms with E-state index in [0.717, 1.165) is 5.56 Å². The van der Waals surface area contributed by atoms with E-state index in [1.807, 2.05) is 0 Å². The van der Waals surface area contributed by atoms with Crippen LogP contribution in [0.3, 0.4) is 0 Å². The van der Waals surface area contributed by atoms with Gasteiger partial charge in [0.25, 0.3) is 5.91 Å². The number of amides is 1. The van der Waals surface area contributed by atoms with Crippen LogP contribution in [-0.2, 0) is 12.7 Å². The first kappa shape index (κ1) is 16.0. The molecule has 9 heteroatoms. The second-order valence-corrected chi connectivity index (χ2v) is 5.36. The van der Waals surface area contributed by atoms with E-state index in [9.17, 15) is 18.0 Å². The fraction of sp³-hybridized carbons (Fsp3) is 0.267. The second kappa shape index (κ2) is 5.66. The summed E-state index contributed by atoms with van der Waals surface area (Å²) in [6.45, 7) is 0.537. The third-order valence-electron chi connectivity index (χ3n) is 3.68. The van der Waals surface area contributed by atoms with Crippen molar-refractivity contribution in [3.05, 3.63) is 41.1 Å². The molecule has 2 N–H and O–H groups in total. The van der Waals surface area contributed by atoms with Gasteiger partial charge in [0.15, 0.2) is 0 Å². The van der Waals surface area contributed by atoms with Gasteiger partial charge in [-0.05, 0) is 17.7 Å². The number of nitrogens with zero attached hydrogens (tertiary/aromatic N) is 3. The number of carbonyl (C=O) groups is 1. The minimum Gasteiger partial charge on any atom is -0.372 e. The zero-order valence-electron chi connectivity index (χ0n) is 12.9. The van der Waals surface area contributed by atoms with Gasteiger partial charge in [0.1, 0.15) is 11.4 Å². The van der Waals surface area contributed by atoms with E-state index in [4.69, 9.17) is 0 Å². The lowest BCUT2D eigenvalue weighted by Gasteiger charge is -2.13. The Kier molecular flexibility index (Phi) is 3.78. The molecule has 1 aliphatic heterocycles. The highest BCUT2D eigenvalue weighted by Crippen LogP contribution is 2.34. The van der Waals surface area contributed by atoms with Crippen molar-refractivity contribution in [3.8, 4) is 0 Å². The maximum Gasteiger partial charge on any atom is 0.421 e. The molecule has 1 amide bonds. The summed E-state index contributed by atoms with van der Waals surface area (Å²) in [5, 5.41) is 5.23. The Hall–Kier alpha value is -2.84. The van der Waals surface area contributed by atoms with Crippen LogP contribution < -0.4 is 10.6 Å². The highest BCUT2D eigenvalue weighted by molar-refractivity contribution is 5.99. The molecule has 0 unspecified atom stereocenters. The standard InChI is InChI=1S/C15H14F3N5O/c1-19-12-11(15(16,17)18)6-20-14(22-12)21-9-4-3-8-7-23(2)13(24)10(8)5-9/h3-6H,7H2,1-2H3,(H2,19,20,21,22). The number of aromatic nitrogens is 2. The lowest BCUT2D eigenvalue weighted by molar-refractivity contribution is -0.137. The summed E-state index contributed by atoms with van der Waals surface area (Å²) in [6, 6.07) is 5.16. The third-order valence-corrected chi connectivity index (χ3v) is 3.68. The van der Waals surface area contributed by atoms with Crippen LogP contribution in [0.5, 0.6) is 0 Å². The number of halogens is 3. The third kappa shape index (κ3) is 2.84. The first-order chi connectivity index (χ1) is 11.3. The summed E-state index contributed by atoms with van der Waals surface area (Å²) in [5.41, 5.74) is 1.04. The molecule has 3 rings (SSSR count). The molecule has 1 aliphatic rings. The summed E-state index contributed by atoms with van der Waals surface area (Å²) in [6.07, 6.45) is -3.82. The first-order valence-electron chi connectivity index (χ1n) is 7.07. The van der Waals surface area contributed by atoms with Crippen LogP contribution in [-0.4, -0.2) is 34.9 Å². The molecule has 0 atom stereocenters. The Morgan fingerprint density at radius 1 is 1.29 bits per heavy atom. The Labute approximate surface area is 135 Å². The largest absolute Gasteiger partial charge is 0.421 e. The van der Waals surface area contributed by atoms with Gasteiger partial charge in [-0.1, -0.05) is 6.07 Å². The molecule has 0 fully saturated rings. The van der Waals surface area contributed by atoms with Crippen molar-refractivity contribution >= 4 is 23.4 Å². The Balaban J connectivity index is 1.89. The Morgan fingerprint density at radius 2 is 2.04 bits per heavy atom. The number of hydrogen-bond acceptors (Lipinski definition) is 5. The molecule has 2 aromatic rings. The number of nitrogens with one attached hydrogen (secondary N) is 2. The summed E-state index contributed by atoms with van der Waals surface area (Å²) in [7, 11) is 3.05. The predicted molar refractivity (Wildman–Crippen MR) is 82.1 cm³/mol. The topological polar surface area (TPSA) is 70.2 Å². The highest BCUT2D eigenvalue weighted by Gasteiger charge is 2.35. The van der Waals surface area contributed by atoms with Crippen LogP contribution in [0.4, 0.5) is 30.6 Å². The van der Waals surface area contributed by atoms with E-state index in [0.29, 0.717) is 24.0 Å². The van der Waals surface area contributed by atoms with Crippen molar-refractivity contribution in [1.29, 1.82) is 0 Å². The van der Waals surface area contributed by atoms with E-state index >= 15 is 0 Å². The zero-order chi connectivity index (χ0) is 17.5. The lowest BCUT2D eigenvalue weighted by Crippen LogP contribution is -2.17. The molecule has 0 radical (unpaired) electrons. The number of alkyl halides is 3. The van der Waals surface area contributed by atoms with Crippen molar-refractivity contribution in [2.24, 2.45) is 0 Å². The minimum atomic E-state index is -4.54. The van der Waals surface area contributed by atoms with Crippen molar-refractivity contribution in [3.63, 3.8) is 0 Å². The minimum absolute atomic E-state index is 0.00565. The SMILES string of the molecule is CNc1nc(Nc2ccc3c(c2)C(=O)N(C)C3)ncc1C(F)(F)F. The predicted octanol–water partition coefficient (Wildman–Crippen LogP) is 2.87. The molecule has 126 valence electrons. The van der Waals surface area contributed by atoms with Crippen molar-refractivity contribution in [2.75, 3.05) is 24.7 Å². The van der Waals surface area contributed by atoms with Gasteiger partial charge in [-0.3, -0.25) is 4.79 Å². The smallest absolute Gasteiger partial charge is 0.372 e. The lowest BCUT2D eigenvalue weighted by atomic mass is 10.1. The average Bonchev–Trinajstić information content (AvgIpc) is 2.81. The molecule has 0 aliphatic carbocycles. The van der Waals surface area contributed by atoms with Crippen LogP contribution in [0.15, 0.2) is 24.4 Å². The van der Waals surface area contributed by atoms with Crippen LogP contribution in [0.25, 0.3) is 0 Å². The van der Waals surface area contributed by atoms with Crippen LogP contribution in [0.2, 0.25) is 0 Å². The molecule has 0 spiro atoms. The fourth-order valence-electron chi connectivity index (χ4n) is 2.49. The number of rotatable bonds is 3. The summed E-state index contributed by atoms with van der Waals surface area (Å²) < 4.78 is 38.5. The highest BCUT2D eigenvalue weighted by atomic mass is 19.4. The molecule has 24 heavy (non-hydrogen) atoms. The normalized spacial score (nSPS) is 13.9. The monoisotopic (exact) mass is 337 g/mol. The molecule has 1 aromatic carbocycles. The van der Waals surface area contributed by atoms with Gasteiger partial charge in [-0.25, -0.2) is 4.98 Å². The molecule has 6 nitrogen and oxygen atoms in total. The van der Waals surface area contributed by atoms with Gasteiger partial charge in [0, 0.05) is 38.1 Å². The van der Waals surface area contributed by atoms with E-state index < -0.39 is 11.7 Å². The number of benzene rings is 1. The maximum atomic E-state index is 12.8.